The summed E-state index contributed by atoms with van der Waals surface area (Å²) >= 11 is 0. The molecule has 1 fully saturated rings. The molecule has 0 bridgehead atoms. The van der Waals surface area contributed by atoms with Gasteiger partial charge in [-0.25, -0.2) is 19.6 Å². The molecular formula is C24H41FN5O8P. The van der Waals surface area contributed by atoms with E-state index in [2.05, 4.69) is 15.2 Å². The molecule has 2 aliphatic heterocycles. The Bertz CT molecular complexity index is 933. The van der Waals surface area contributed by atoms with Gasteiger partial charge in [-0.3, -0.25) is 14.2 Å². The predicted octanol–water partition coefficient (Wildman–Crippen LogP) is 1.22. The SMILES string of the molecule is CCCCOC(=O)[C@H](C)NP(=O)(/C=C/[C@H]1O[C@@H](N2C=CC(N)=NC2O)[C@H](F)[C@@H]1O)N[C@@H](C)C(=O)OCCCC. The number of aliphatic hydroxyl groups is 2. The molecule has 0 radical (unpaired) electrons. The van der Waals surface area contributed by atoms with E-state index in [0.29, 0.717) is 12.8 Å². The van der Waals surface area contributed by atoms with Gasteiger partial charge in [-0.05, 0) is 38.8 Å². The van der Waals surface area contributed by atoms with Crippen LogP contribution < -0.4 is 15.9 Å². The van der Waals surface area contributed by atoms with Crippen molar-refractivity contribution in [2.75, 3.05) is 13.2 Å². The smallest absolute Gasteiger partial charge is 0.323 e. The van der Waals surface area contributed by atoms with Gasteiger partial charge in [0.05, 0.1) is 13.2 Å². The summed E-state index contributed by atoms with van der Waals surface area (Å²) in [6, 6.07) is -2.08. The van der Waals surface area contributed by atoms with E-state index in [1.807, 2.05) is 13.8 Å². The lowest BCUT2D eigenvalue weighted by Crippen LogP contribution is -2.46. The number of esters is 2. The fourth-order valence-corrected chi connectivity index (χ4v) is 5.67. The number of nitrogens with zero attached hydrogens (tertiary/aromatic N) is 2. The highest BCUT2D eigenvalue weighted by Crippen LogP contribution is 2.41. The van der Waals surface area contributed by atoms with Crippen molar-refractivity contribution in [1.82, 2.24) is 15.1 Å². The molecule has 222 valence electrons. The standard InChI is InChI=1S/C24H41FN5O8P/c1-5-7-12-36-22(32)15(3)28-39(35,29-16(4)23(33)37-13-8-6-2)14-10-17-20(31)19(25)21(38-17)30-11-9-18(26)27-24(30)34/h9-11,14-17,19-21,24,31,34H,5-8,12-13H2,1-4H3,(H2,26,27)(H2,28,29,35)/b14-10+/t15-,16-,17+,19+,20+,21+,24?/m0/s1. The van der Waals surface area contributed by atoms with E-state index in [1.54, 1.807) is 0 Å². The van der Waals surface area contributed by atoms with Gasteiger partial charge in [-0.2, -0.15) is 0 Å². The highest BCUT2D eigenvalue weighted by molar-refractivity contribution is 7.63. The number of carbonyl (C=O) groups excluding carboxylic acids is 2. The number of aliphatic hydroxyl groups excluding tert-OH is 2. The van der Waals surface area contributed by atoms with E-state index >= 15 is 0 Å². The Labute approximate surface area is 228 Å². The van der Waals surface area contributed by atoms with Gasteiger partial charge < -0.3 is 35.1 Å². The number of hydrogen-bond donors (Lipinski definition) is 5. The Balaban J connectivity index is 2.19. The summed E-state index contributed by atoms with van der Waals surface area (Å²) in [5.74, 6) is -0.167. The minimum absolute atomic E-state index is 0.0342. The lowest BCUT2D eigenvalue weighted by molar-refractivity contribution is -0.145. The minimum Gasteiger partial charge on any atom is -0.465 e. The zero-order valence-electron chi connectivity index (χ0n) is 22.7. The lowest BCUT2D eigenvalue weighted by Gasteiger charge is -2.32. The van der Waals surface area contributed by atoms with Crippen LogP contribution in [0.4, 0.5) is 4.39 Å². The first-order chi connectivity index (χ1) is 18.4. The number of amidine groups is 1. The summed E-state index contributed by atoms with van der Waals surface area (Å²) in [7, 11) is -3.90. The van der Waals surface area contributed by atoms with Crippen LogP contribution in [0.1, 0.15) is 53.4 Å². The summed E-state index contributed by atoms with van der Waals surface area (Å²) in [6.07, 6.45) is -1.13. The second kappa shape index (κ2) is 15.4. The van der Waals surface area contributed by atoms with Crippen molar-refractivity contribution in [3.05, 3.63) is 24.2 Å². The molecule has 0 aromatic carbocycles. The van der Waals surface area contributed by atoms with Crippen molar-refractivity contribution >= 4 is 25.2 Å². The first kappa shape index (κ1) is 32.9. The number of alkyl halides is 1. The summed E-state index contributed by atoms with van der Waals surface area (Å²) in [6.45, 7) is 7.18. The van der Waals surface area contributed by atoms with Crippen molar-refractivity contribution in [2.24, 2.45) is 10.7 Å². The molecule has 15 heteroatoms. The highest BCUT2D eigenvalue weighted by atomic mass is 31.2. The average molecular weight is 578 g/mol. The van der Waals surface area contributed by atoms with Crippen LogP contribution >= 0.6 is 7.44 Å². The number of nitrogens with two attached hydrogens (primary N) is 1. The molecule has 0 aromatic heterocycles. The van der Waals surface area contributed by atoms with E-state index in [9.17, 15) is 28.8 Å². The molecular weight excluding hydrogens is 536 g/mol. The Morgan fingerprint density at radius 1 is 1.18 bits per heavy atom. The van der Waals surface area contributed by atoms with Crippen LogP contribution in [0.15, 0.2) is 29.2 Å². The van der Waals surface area contributed by atoms with E-state index in [0.717, 1.165) is 23.6 Å². The first-order valence-electron chi connectivity index (χ1n) is 13.0. The molecule has 1 saturated heterocycles. The average Bonchev–Trinajstić information content (AvgIpc) is 3.16. The molecule has 2 aliphatic rings. The summed E-state index contributed by atoms with van der Waals surface area (Å²) < 4.78 is 44.8. The van der Waals surface area contributed by atoms with Gasteiger partial charge in [0, 0.05) is 12.0 Å². The summed E-state index contributed by atoms with van der Waals surface area (Å²) in [4.78, 5) is 29.6. The zero-order chi connectivity index (χ0) is 29.2. The van der Waals surface area contributed by atoms with Gasteiger partial charge in [0.25, 0.3) is 0 Å². The third-order valence-corrected chi connectivity index (χ3v) is 8.06. The molecule has 1 unspecified atom stereocenters. The van der Waals surface area contributed by atoms with Crippen LogP contribution in [0.2, 0.25) is 0 Å². The second-order valence-corrected chi connectivity index (χ2v) is 11.5. The molecule has 2 rings (SSSR count). The maximum absolute atomic E-state index is 14.9. The fourth-order valence-electron chi connectivity index (χ4n) is 3.65. The molecule has 0 spiro atoms. The third-order valence-electron chi connectivity index (χ3n) is 5.92. The Kier molecular flexibility index (Phi) is 13.0. The number of unbranched alkanes of at least 4 members (excludes halogenated alkanes) is 2. The third kappa shape index (κ3) is 9.66. The van der Waals surface area contributed by atoms with Crippen molar-refractivity contribution < 1.29 is 43.0 Å². The van der Waals surface area contributed by atoms with Crippen molar-refractivity contribution in [2.45, 2.75) is 96.4 Å². The van der Waals surface area contributed by atoms with Gasteiger partial charge in [-0.1, -0.05) is 26.7 Å². The normalized spacial score (nSPS) is 26.9. The van der Waals surface area contributed by atoms with E-state index < -0.39 is 62.4 Å². The number of ether oxygens (including phenoxy) is 3. The summed E-state index contributed by atoms with van der Waals surface area (Å²) in [5, 5.41) is 25.9. The maximum atomic E-state index is 14.9. The number of hydrogen-bond acceptors (Lipinski definition) is 11. The quantitative estimate of drug-likeness (QED) is 0.107. The van der Waals surface area contributed by atoms with Gasteiger partial charge >= 0.3 is 11.9 Å². The van der Waals surface area contributed by atoms with Crippen LogP contribution in [0.25, 0.3) is 0 Å². The van der Waals surface area contributed by atoms with Gasteiger partial charge in [0.1, 0.15) is 30.1 Å². The molecule has 13 nitrogen and oxygen atoms in total. The Morgan fingerprint density at radius 2 is 1.72 bits per heavy atom. The molecule has 0 saturated carbocycles. The number of carbonyl (C=O) groups is 2. The number of rotatable bonds is 15. The fraction of sp³-hybridized carbons (Fsp3) is 0.708. The molecule has 7 atom stereocenters. The number of aliphatic imine (C=N–C) groups is 1. The van der Waals surface area contributed by atoms with Crippen LogP contribution in [-0.4, -0.2) is 89.1 Å². The van der Waals surface area contributed by atoms with Crippen LogP contribution in [0.5, 0.6) is 0 Å². The largest absolute Gasteiger partial charge is 0.465 e. The van der Waals surface area contributed by atoms with Crippen molar-refractivity contribution in [3.63, 3.8) is 0 Å². The van der Waals surface area contributed by atoms with E-state index in [4.69, 9.17) is 19.9 Å². The van der Waals surface area contributed by atoms with E-state index in [1.165, 1.54) is 32.2 Å². The molecule has 2 heterocycles. The minimum atomic E-state index is -3.90. The van der Waals surface area contributed by atoms with Crippen molar-refractivity contribution in [3.8, 4) is 0 Å². The molecule has 0 aromatic rings. The van der Waals surface area contributed by atoms with E-state index in [-0.39, 0.29) is 19.0 Å². The molecule has 6 N–H and O–H groups in total. The molecule has 0 aliphatic carbocycles. The molecule has 0 amide bonds. The van der Waals surface area contributed by atoms with Gasteiger partial charge in [0.15, 0.2) is 12.4 Å². The number of halogens is 1. The Hall–Kier alpha value is -2.35. The van der Waals surface area contributed by atoms with Crippen LogP contribution in [0.3, 0.4) is 0 Å². The highest BCUT2D eigenvalue weighted by Gasteiger charge is 2.47. The van der Waals surface area contributed by atoms with Gasteiger partial charge in [0.2, 0.25) is 13.8 Å². The van der Waals surface area contributed by atoms with Crippen LogP contribution in [0, 0.1) is 0 Å². The number of nitrogens with one attached hydrogen (secondary N) is 2. The predicted molar refractivity (Wildman–Crippen MR) is 142 cm³/mol. The first-order valence-corrected chi connectivity index (χ1v) is 14.8. The summed E-state index contributed by atoms with van der Waals surface area (Å²) in [5.41, 5.74) is 5.53. The zero-order valence-corrected chi connectivity index (χ0v) is 23.6. The Morgan fingerprint density at radius 3 is 2.21 bits per heavy atom. The van der Waals surface area contributed by atoms with Crippen molar-refractivity contribution in [1.29, 1.82) is 0 Å². The topological polar surface area (TPSA) is 185 Å². The second-order valence-electron chi connectivity index (χ2n) is 9.33. The van der Waals surface area contributed by atoms with Crippen LogP contribution in [-0.2, 0) is 28.4 Å². The maximum Gasteiger partial charge on any atom is 0.323 e. The van der Waals surface area contributed by atoms with Gasteiger partial charge in [-0.15, -0.1) is 0 Å². The molecule has 39 heavy (non-hydrogen) atoms. The lowest BCUT2D eigenvalue weighted by atomic mass is 10.1. The monoisotopic (exact) mass is 577 g/mol.